The van der Waals surface area contributed by atoms with Crippen LogP contribution in [-0.4, -0.2) is 26.0 Å². The van der Waals surface area contributed by atoms with E-state index in [0.29, 0.717) is 18.1 Å². The van der Waals surface area contributed by atoms with Crippen LogP contribution in [0.2, 0.25) is 0 Å². The first-order valence-electron chi connectivity index (χ1n) is 6.77. The summed E-state index contributed by atoms with van der Waals surface area (Å²) in [6.45, 7) is 6.11. The molecule has 3 heterocycles. The highest BCUT2D eigenvalue weighted by molar-refractivity contribution is 7.16. The highest BCUT2D eigenvalue weighted by Crippen LogP contribution is 2.12. The van der Waals surface area contributed by atoms with E-state index in [4.69, 9.17) is 4.42 Å². The molecule has 0 spiro atoms. The van der Waals surface area contributed by atoms with Crippen LogP contribution in [0, 0.1) is 6.92 Å². The topological polar surface area (TPSA) is 63.6 Å². The molecule has 0 aliphatic heterocycles. The molecule has 0 unspecified atom stereocenters. The van der Waals surface area contributed by atoms with Gasteiger partial charge in [-0.05, 0) is 25.6 Å². The van der Waals surface area contributed by atoms with Gasteiger partial charge in [-0.15, -0.1) is 0 Å². The van der Waals surface area contributed by atoms with E-state index in [2.05, 4.69) is 21.9 Å². The predicted molar refractivity (Wildman–Crippen MR) is 80.4 cm³/mol. The quantitative estimate of drug-likeness (QED) is 0.722. The summed E-state index contributed by atoms with van der Waals surface area (Å²) in [6.07, 6.45) is 1.67. The van der Waals surface area contributed by atoms with Crippen LogP contribution in [0.4, 0.5) is 0 Å². The van der Waals surface area contributed by atoms with Crippen LogP contribution in [-0.2, 0) is 13.1 Å². The molecule has 110 valence electrons. The van der Waals surface area contributed by atoms with Crippen molar-refractivity contribution in [3.8, 4) is 0 Å². The molecule has 0 saturated heterocycles. The van der Waals surface area contributed by atoms with Gasteiger partial charge in [0.2, 0.25) is 4.96 Å². The Hall–Kier alpha value is -1.99. The molecule has 3 aromatic heterocycles. The standard InChI is InChI=1S/C14H16N4O2S/c1-3-17(9-12-5-4-6-20-12)8-11-7-13(19)18-14(15-11)21-10(2)16-18/h4-7H,3,8-9H2,1-2H3. The number of hydrogen-bond acceptors (Lipinski definition) is 6. The third-order valence-electron chi connectivity index (χ3n) is 3.19. The highest BCUT2D eigenvalue weighted by atomic mass is 32.1. The van der Waals surface area contributed by atoms with Crippen LogP contribution in [0.15, 0.2) is 33.7 Å². The smallest absolute Gasteiger partial charge is 0.275 e. The Morgan fingerprint density at radius 2 is 2.29 bits per heavy atom. The molecular formula is C14H16N4O2S. The highest BCUT2D eigenvalue weighted by Gasteiger charge is 2.11. The average Bonchev–Trinajstić information content (AvgIpc) is 3.07. The number of nitrogens with zero attached hydrogens (tertiary/aromatic N) is 4. The van der Waals surface area contributed by atoms with Crippen LogP contribution in [0.3, 0.4) is 0 Å². The van der Waals surface area contributed by atoms with Gasteiger partial charge < -0.3 is 4.42 Å². The molecule has 3 aromatic rings. The normalized spacial score (nSPS) is 11.6. The maximum Gasteiger partial charge on any atom is 0.275 e. The Morgan fingerprint density at radius 3 is 3.00 bits per heavy atom. The van der Waals surface area contributed by atoms with Crippen molar-refractivity contribution in [2.75, 3.05) is 6.54 Å². The van der Waals surface area contributed by atoms with E-state index in [0.717, 1.165) is 23.0 Å². The summed E-state index contributed by atoms with van der Waals surface area (Å²) in [5.41, 5.74) is 0.630. The number of furan rings is 1. The molecule has 0 N–H and O–H groups in total. The number of hydrogen-bond donors (Lipinski definition) is 0. The van der Waals surface area contributed by atoms with Gasteiger partial charge in [-0.2, -0.15) is 9.61 Å². The number of aromatic nitrogens is 3. The van der Waals surface area contributed by atoms with Gasteiger partial charge in [-0.1, -0.05) is 18.3 Å². The minimum Gasteiger partial charge on any atom is -0.468 e. The molecule has 0 bridgehead atoms. The van der Waals surface area contributed by atoms with E-state index in [1.807, 2.05) is 19.1 Å². The minimum atomic E-state index is -0.131. The Bertz CT molecular complexity index is 791. The molecule has 6 nitrogen and oxygen atoms in total. The summed E-state index contributed by atoms with van der Waals surface area (Å²) >= 11 is 1.42. The fourth-order valence-electron chi connectivity index (χ4n) is 2.16. The van der Waals surface area contributed by atoms with Gasteiger partial charge in [-0.3, -0.25) is 9.69 Å². The second kappa shape index (κ2) is 5.79. The summed E-state index contributed by atoms with van der Waals surface area (Å²) < 4.78 is 6.72. The predicted octanol–water partition coefficient (Wildman–Crippen LogP) is 2.07. The van der Waals surface area contributed by atoms with Crippen LogP contribution < -0.4 is 5.56 Å². The zero-order valence-corrected chi connectivity index (χ0v) is 12.8. The van der Waals surface area contributed by atoms with Crippen molar-refractivity contribution < 1.29 is 4.42 Å². The largest absolute Gasteiger partial charge is 0.468 e. The van der Waals surface area contributed by atoms with E-state index in [1.54, 1.807) is 12.3 Å². The summed E-state index contributed by atoms with van der Waals surface area (Å²) in [5.74, 6) is 0.906. The van der Waals surface area contributed by atoms with E-state index < -0.39 is 0 Å². The number of rotatable bonds is 5. The van der Waals surface area contributed by atoms with E-state index in [-0.39, 0.29) is 5.56 Å². The zero-order chi connectivity index (χ0) is 14.8. The first kappa shape index (κ1) is 14.0. The number of fused-ring (bicyclic) bond motifs is 1. The fraction of sp³-hybridized carbons (Fsp3) is 0.357. The van der Waals surface area contributed by atoms with Crippen molar-refractivity contribution in [3.63, 3.8) is 0 Å². The second-order valence-electron chi connectivity index (χ2n) is 4.78. The fourth-order valence-corrected chi connectivity index (χ4v) is 2.93. The van der Waals surface area contributed by atoms with Gasteiger partial charge in [-0.25, -0.2) is 4.98 Å². The van der Waals surface area contributed by atoms with Crippen LogP contribution >= 0.6 is 11.3 Å². The molecule has 0 radical (unpaired) electrons. The summed E-state index contributed by atoms with van der Waals surface area (Å²) in [7, 11) is 0. The Morgan fingerprint density at radius 1 is 1.43 bits per heavy atom. The SMILES string of the molecule is CCN(Cc1cc(=O)n2nc(C)sc2n1)Cc1ccco1. The molecule has 0 amide bonds. The van der Waals surface area contributed by atoms with Crippen LogP contribution in [0.5, 0.6) is 0 Å². The van der Waals surface area contributed by atoms with Gasteiger partial charge in [0, 0.05) is 12.6 Å². The Balaban J connectivity index is 1.84. The van der Waals surface area contributed by atoms with Crippen molar-refractivity contribution >= 4 is 16.3 Å². The van der Waals surface area contributed by atoms with E-state index in [1.165, 1.54) is 15.9 Å². The lowest BCUT2D eigenvalue weighted by atomic mass is 10.3. The third kappa shape index (κ3) is 3.03. The first-order valence-corrected chi connectivity index (χ1v) is 7.58. The monoisotopic (exact) mass is 304 g/mol. The molecule has 7 heteroatoms. The molecule has 0 aliphatic rings. The van der Waals surface area contributed by atoms with Crippen LogP contribution in [0.25, 0.3) is 4.96 Å². The molecule has 3 rings (SSSR count). The van der Waals surface area contributed by atoms with Crippen molar-refractivity contribution in [1.82, 2.24) is 19.5 Å². The molecule has 0 aliphatic carbocycles. The third-order valence-corrected chi connectivity index (χ3v) is 4.02. The van der Waals surface area contributed by atoms with Gasteiger partial charge in [0.25, 0.3) is 5.56 Å². The van der Waals surface area contributed by atoms with Crippen molar-refractivity contribution in [2.24, 2.45) is 0 Å². The number of aryl methyl sites for hydroxylation is 1. The Kier molecular flexibility index (Phi) is 3.85. The molecular weight excluding hydrogens is 288 g/mol. The molecule has 0 saturated carbocycles. The van der Waals surface area contributed by atoms with Crippen molar-refractivity contribution in [2.45, 2.75) is 26.9 Å². The lowest BCUT2D eigenvalue weighted by molar-refractivity contribution is 0.245. The van der Waals surface area contributed by atoms with E-state index in [9.17, 15) is 4.79 Å². The zero-order valence-electron chi connectivity index (χ0n) is 11.9. The molecule has 0 atom stereocenters. The van der Waals surface area contributed by atoms with Crippen molar-refractivity contribution in [3.05, 3.63) is 51.3 Å². The van der Waals surface area contributed by atoms with Gasteiger partial charge >= 0.3 is 0 Å². The second-order valence-corrected chi connectivity index (χ2v) is 5.94. The van der Waals surface area contributed by atoms with Crippen LogP contribution in [0.1, 0.15) is 23.4 Å². The maximum absolute atomic E-state index is 12.0. The van der Waals surface area contributed by atoms with Gasteiger partial charge in [0.1, 0.15) is 10.8 Å². The first-order chi connectivity index (χ1) is 10.2. The lowest BCUT2D eigenvalue weighted by Gasteiger charge is -2.18. The van der Waals surface area contributed by atoms with Gasteiger partial charge in [0.15, 0.2) is 0 Å². The maximum atomic E-state index is 12.0. The van der Waals surface area contributed by atoms with Crippen molar-refractivity contribution in [1.29, 1.82) is 0 Å². The molecule has 0 aromatic carbocycles. The summed E-state index contributed by atoms with van der Waals surface area (Å²) in [5, 5.41) is 4.98. The summed E-state index contributed by atoms with van der Waals surface area (Å²) in [6, 6.07) is 5.37. The van der Waals surface area contributed by atoms with E-state index >= 15 is 0 Å². The Labute approximate surface area is 125 Å². The summed E-state index contributed by atoms with van der Waals surface area (Å²) in [4.78, 5) is 19.4. The molecule has 0 fully saturated rings. The molecule has 21 heavy (non-hydrogen) atoms. The lowest BCUT2D eigenvalue weighted by Crippen LogP contribution is -2.24. The van der Waals surface area contributed by atoms with Gasteiger partial charge in [0.05, 0.1) is 18.5 Å². The minimum absolute atomic E-state index is 0.131. The average molecular weight is 304 g/mol.